The molecule has 1 aliphatic carbocycles. The molecule has 0 bridgehead atoms. The monoisotopic (exact) mass is 739 g/mol. The molecule has 0 fully saturated rings. The molecular formula is C55H37N3. The summed E-state index contributed by atoms with van der Waals surface area (Å²) in [5, 5.41) is 10.0. The fraction of sp³-hybridized carbons (Fsp3) is 0.0545. The summed E-state index contributed by atoms with van der Waals surface area (Å²) < 4.78 is 2.46. The average Bonchev–Trinajstić information content (AvgIpc) is 3.74. The van der Waals surface area contributed by atoms with Crippen LogP contribution in [0.5, 0.6) is 0 Å². The van der Waals surface area contributed by atoms with Crippen molar-refractivity contribution in [3.63, 3.8) is 0 Å². The van der Waals surface area contributed by atoms with Crippen LogP contribution in [0.25, 0.3) is 105 Å². The minimum atomic E-state index is -0.105. The molecule has 9 aromatic carbocycles. The van der Waals surface area contributed by atoms with Crippen LogP contribution in [0, 0.1) is 0 Å². The molecule has 0 N–H and O–H groups in total. The van der Waals surface area contributed by atoms with Gasteiger partial charge in [0.15, 0.2) is 5.82 Å². The van der Waals surface area contributed by atoms with Crippen molar-refractivity contribution in [3.05, 3.63) is 199 Å². The van der Waals surface area contributed by atoms with E-state index in [1.807, 2.05) is 0 Å². The molecule has 0 saturated carbocycles. The highest BCUT2D eigenvalue weighted by molar-refractivity contribution is 6.33. The largest absolute Gasteiger partial charge is 0.309 e. The molecule has 58 heavy (non-hydrogen) atoms. The van der Waals surface area contributed by atoms with Gasteiger partial charge < -0.3 is 4.57 Å². The van der Waals surface area contributed by atoms with Crippen molar-refractivity contribution in [2.45, 2.75) is 19.3 Å². The molecule has 272 valence electrons. The highest BCUT2D eigenvalue weighted by Gasteiger charge is 2.35. The third kappa shape index (κ3) is 4.80. The fourth-order valence-corrected chi connectivity index (χ4v) is 9.73. The Morgan fingerprint density at radius 3 is 1.78 bits per heavy atom. The highest BCUT2D eigenvalue weighted by Crippen LogP contribution is 2.50. The van der Waals surface area contributed by atoms with Crippen LogP contribution in [-0.2, 0) is 5.41 Å². The predicted molar refractivity (Wildman–Crippen MR) is 243 cm³/mol. The molecule has 3 nitrogen and oxygen atoms in total. The molecule has 3 heteroatoms. The Bertz CT molecular complexity index is 3460. The zero-order valence-corrected chi connectivity index (χ0v) is 32.2. The quantitative estimate of drug-likeness (QED) is 0.168. The van der Waals surface area contributed by atoms with Crippen molar-refractivity contribution in [1.82, 2.24) is 14.5 Å². The van der Waals surface area contributed by atoms with E-state index in [0.29, 0.717) is 5.82 Å². The van der Waals surface area contributed by atoms with Crippen LogP contribution in [0.2, 0.25) is 0 Å². The molecule has 0 aliphatic heterocycles. The summed E-state index contributed by atoms with van der Waals surface area (Å²) in [7, 11) is 0. The number of nitrogens with zero attached hydrogens (tertiary/aromatic N) is 3. The minimum Gasteiger partial charge on any atom is -0.309 e. The van der Waals surface area contributed by atoms with Crippen LogP contribution < -0.4 is 0 Å². The van der Waals surface area contributed by atoms with Crippen molar-refractivity contribution < 1.29 is 0 Å². The average molecular weight is 740 g/mol. The molecular weight excluding hydrogens is 703 g/mol. The lowest BCUT2D eigenvalue weighted by atomic mass is 9.82. The molecule has 0 saturated heterocycles. The third-order valence-corrected chi connectivity index (χ3v) is 12.6. The Kier molecular flexibility index (Phi) is 6.98. The summed E-state index contributed by atoms with van der Waals surface area (Å²) in [6.45, 7) is 4.66. The molecule has 0 unspecified atom stereocenters. The number of hydrogen-bond acceptors (Lipinski definition) is 2. The number of benzene rings is 9. The minimum absolute atomic E-state index is 0.105. The van der Waals surface area contributed by atoms with Crippen LogP contribution in [-0.4, -0.2) is 14.5 Å². The van der Waals surface area contributed by atoms with E-state index in [0.717, 1.165) is 33.8 Å². The second-order valence-corrected chi connectivity index (χ2v) is 16.2. The van der Waals surface area contributed by atoms with Gasteiger partial charge in [0, 0.05) is 44.0 Å². The first-order valence-corrected chi connectivity index (χ1v) is 20.1. The Labute approximate surface area is 336 Å². The van der Waals surface area contributed by atoms with Gasteiger partial charge in [0.25, 0.3) is 0 Å². The van der Waals surface area contributed by atoms with E-state index in [-0.39, 0.29) is 5.41 Å². The van der Waals surface area contributed by atoms with Gasteiger partial charge in [-0.25, -0.2) is 9.97 Å². The van der Waals surface area contributed by atoms with Crippen LogP contribution in [0.1, 0.15) is 25.0 Å². The van der Waals surface area contributed by atoms with E-state index in [2.05, 4.69) is 206 Å². The molecule has 0 amide bonds. The molecule has 0 atom stereocenters. The summed E-state index contributed by atoms with van der Waals surface area (Å²) in [5.41, 5.74) is 13.7. The van der Waals surface area contributed by atoms with Gasteiger partial charge in [0.1, 0.15) is 0 Å². The summed E-state index contributed by atoms with van der Waals surface area (Å²) in [4.78, 5) is 10.5. The Balaban J connectivity index is 1.05. The fourth-order valence-electron chi connectivity index (χ4n) is 9.73. The first-order valence-electron chi connectivity index (χ1n) is 20.1. The van der Waals surface area contributed by atoms with E-state index in [4.69, 9.17) is 9.97 Å². The van der Waals surface area contributed by atoms with Crippen molar-refractivity contribution in [2.24, 2.45) is 0 Å². The van der Waals surface area contributed by atoms with Gasteiger partial charge in [0.05, 0.1) is 22.4 Å². The Hall–Kier alpha value is -7.36. The number of fused-ring (bicyclic) bond motifs is 12. The maximum atomic E-state index is 5.31. The predicted octanol–water partition coefficient (Wildman–Crippen LogP) is 14.3. The van der Waals surface area contributed by atoms with Crippen LogP contribution in [0.15, 0.2) is 188 Å². The molecule has 0 radical (unpaired) electrons. The summed E-state index contributed by atoms with van der Waals surface area (Å²) in [6, 6.07) is 68.2. The van der Waals surface area contributed by atoms with Gasteiger partial charge in [-0.2, -0.15) is 0 Å². The van der Waals surface area contributed by atoms with E-state index in [9.17, 15) is 0 Å². The lowest BCUT2D eigenvalue weighted by Crippen LogP contribution is -2.14. The van der Waals surface area contributed by atoms with E-state index >= 15 is 0 Å². The Morgan fingerprint density at radius 2 is 1.00 bits per heavy atom. The van der Waals surface area contributed by atoms with Gasteiger partial charge in [-0.15, -0.1) is 0 Å². The van der Waals surface area contributed by atoms with Gasteiger partial charge >= 0.3 is 0 Å². The summed E-state index contributed by atoms with van der Waals surface area (Å²) in [6.07, 6.45) is 0. The summed E-state index contributed by atoms with van der Waals surface area (Å²) >= 11 is 0. The summed E-state index contributed by atoms with van der Waals surface area (Å²) in [5.74, 6) is 0.704. The normalized spacial score (nSPS) is 13.1. The second kappa shape index (κ2) is 12.3. The first kappa shape index (κ1) is 32.8. The maximum Gasteiger partial charge on any atom is 0.160 e. The van der Waals surface area contributed by atoms with Gasteiger partial charge in [0.2, 0.25) is 0 Å². The molecule has 11 aromatic rings. The van der Waals surface area contributed by atoms with Gasteiger partial charge in [-0.1, -0.05) is 153 Å². The van der Waals surface area contributed by atoms with Crippen molar-refractivity contribution in [1.29, 1.82) is 0 Å². The molecule has 2 aromatic heterocycles. The van der Waals surface area contributed by atoms with Gasteiger partial charge in [-0.3, -0.25) is 0 Å². The van der Waals surface area contributed by atoms with Crippen molar-refractivity contribution in [2.75, 3.05) is 0 Å². The van der Waals surface area contributed by atoms with E-state index in [1.165, 1.54) is 76.4 Å². The Morgan fingerprint density at radius 1 is 0.414 bits per heavy atom. The number of aromatic nitrogens is 3. The second-order valence-electron chi connectivity index (χ2n) is 16.2. The SMILES string of the molecule is CC1(C)c2ccccc2-c2ccc(-c3cc(-c4ccccc4)nc(-c4ccc(-n5c6cc7ccccc7cc6c6c7ccccc7c7ccccc7c65)cc4)n3)cc21. The van der Waals surface area contributed by atoms with Crippen LogP contribution in [0.4, 0.5) is 0 Å². The molecule has 1 aliphatic rings. The molecule has 2 heterocycles. The zero-order chi connectivity index (χ0) is 38.5. The first-order chi connectivity index (χ1) is 28.5. The van der Waals surface area contributed by atoms with Crippen molar-refractivity contribution >= 4 is 54.1 Å². The van der Waals surface area contributed by atoms with Crippen molar-refractivity contribution in [3.8, 4) is 50.7 Å². The smallest absolute Gasteiger partial charge is 0.160 e. The maximum absolute atomic E-state index is 5.31. The topological polar surface area (TPSA) is 30.7 Å². The van der Waals surface area contributed by atoms with Gasteiger partial charge in [-0.05, 0) is 97.7 Å². The lowest BCUT2D eigenvalue weighted by Gasteiger charge is -2.22. The highest BCUT2D eigenvalue weighted by atomic mass is 15.0. The molecule has 0 spiro atoms. The van der Waals surface area contributed by atoms with Crippen LogP contribution in [0.3, 0.4) is 0 Å². The number of rotatable bonds is 4. The standard InChI is InChI=1S/C55H37N3/c1-55(2)47-23-13-12-20-42(47)43-29-26-38(31-48(43)55)50-33-49(34-14-4-3-5-15-34)56-54(57-50)35-24-27-39(28-25-35)58-51-32-37-17-7-6-16-36(37)30-46(51)52-44-21-10-8-18-40(44)41-19-9-11-22-45(41)53(52)58/h3-33H,1-2H3. The lowest BCUT2D eigenvalue weighted by molar-refractivity contribution is 0.660. The third-order valence-electron chi connectivity index (χ3n) is 12.6. The zero-order valence-electron chi connectivity index (χ0n) is 32.2. The van der Waals surface area contributed by atoms with E-state index < -0.39 is 0 Å². The van der Waals surface area contributed by atoms with Crippen LogP contribution >= 0.6 is 0 Å². The molecule has 12 rings (SSSR count). The van der Waals surface area contributed by atoms with E-state index in [1.54, 1.807) is 0 Å². The number of hydrogen-bond donors (Lipinski definition) is 0.